The van der Waals surface area contributed by atoms with Crippen molar-refractivity contribution >= 4 is 27.9 Å². The van der Waals surface area contributed by atoms with E-state index in [0.29, 0.717) is 6.42 Å². The van der Waals surface area contributed by atoms with E-state index in [2.05, 4.69) is 10.3 Å². The Labute approximate surface area is 176 Å². The maximum atomic E-state index is 13.1. The zero-order chi connectivity index (χ0) is 22.7. The van der Waals surface area contributed by atoms with Crippen LogP contribution in [0.15, 0.2) is 34.2 Å². The fourth-order valence-corrected chi connectivity index (χ4v) is 4.23. The molecule has 0 saturated carbocycles. The third-order valence-electron chi connectivity index (χ3n) is 4.34. The van der Waals surface area contributed by atoms with Gasteiger partial charge in [0.2, 0.25) is 0 Å². The number of carboxylic acids is 1. The number of hydrogen-bond acceptors (Lipinski definition) is 6. The van der Waals surface area contributed by atoms with Gasteiger partial charge in [-0.25, -0.2) is 18.0 Å². The molecule has 1 rings (SSSR count). The Morgan fingerprint density at radius 1 is 1.20 bits per heavy atom. The van der Waals surface area contributed by atoms with Gasteiger partial charge < -0.3 is 26.6 Å². The normalized spacial score (nSPS) is 13.1. The molecular formula is C19H30N4O6S. The number of guanidine groups is 1. The van der Waals surface area contributed by atoms with Crippen LogP contribution in [0.5, 0.6) is 0 Å². The number of nitrogens with one attached hydrogen (secondary N) is 1. The summed E-state index contributed by atoms with van der Waals surface area (Å²) < 4.78 is 31.1. The number of nitrogens with zero attached hydrogens (tertiary/aromatic N) is 1. The summed E-state index contributed by atoms with van der Waals surface area (Å²) in [6.45, 7) is 3.59. The van der Waals surface area contributed by atoms with Crippen molar-refractivity contribution in [2.24, 2.45) is 16.5 Å². The first-order valence-electron chi connectivity index (χ1n) is 9.60. The van der Waals surface area contributed by atoms with Crippen LogP contribution in [-0.4, -0.2) is 56.0 Å². The number of rotatable bonds is 12. The Morgan fingerprint density at radius 3 is 2.37 bits per heavy atom. The van der Waals surface area contributed by atoms with Crippen LogP contribution < -0.4 is 16.8 Å². The van der Waals surface area contributed by atoms with E-state index in [4.69, 9.17) is 16.2 Å². The molecule has 0 saturated heterocycles. The minimum Gasteiger partial charge on any atom is -0.480 e. The molecule has 1 amide bonds. The fraction of sp³-hybridized carbons (Fsp3) is 0.526. The number of aryl methyl sites for hydroxylation is 1. The standard InChI is InChI=1S/C19H30N4O6S/c1-3-4-5-10-29-19(26)23-16(17(24)25)11-15(12-22-18(20)21)30(27,28)14-8-6-13(2)7-9-14/h6-9,15-16H,3-5,10-12H2,1-2H3,(H,23,26)(H,24,25)(H4,20,21,22)/t15?,16-/m0/s1. The van der Waals surface area contributed by atoms with Crippen molar-refractivity contribution < 1.29 is 27.9 Å². The van der Waals surface area contributed by atoms with Gasteiger partial charge in [0.1, 0.15) is 6.04 Å². The largest absolute Gasteiger partial charge is 0.480 e. The number of aliphatic carboxylic acids is 1. The highest BCUT2D eigenvalue weighted by molar-refractivity contribution is 7.92. The second-order valence-electron chi connectivity index (χ2n) is 6.86. The number of unbranched alkanes of at least 4 members (excludes halogenated alkanes) is 2. The van der Waals surface area contributed by atoms with E-state index < -0.39 is 39.6 Å². The molecular weight excluding hydrogens is 412 g/mol. The summed E-state index contributed by atoms with van der Waals surface area (Å²) in [5.41, 5.74) is 11.5. The van der Waals surface area contributed by atoms with Crippen molar-refractivity contribution in [1.82, 2.24) is 5.32 Å². The van der Waals surface area contributed by atoms with Gasteiger partial charge in [0.15, 0.2) is 15.8 Å². The molecule has 6 N–H and O–H groups in total. The summed E-state index contributed by atoms with van der Waals surface area (Å²) in [5, 5.41) is 10.4. The van der Waals surface area contributed by atoms with Gasteiger partial charge in [0.25, 0.3) is 0 Å². The van der Waals surface area contributed by atoms with Gasteiger partial charge in [-0.05, 0) is 31.9 Å². The smallest absolute Gasteiger partial charge is 0.407 e. The van der Waals surface area contributed by atoms with Crippen molar-refractivity contribution in [3.8, 4) is 0 Å². The first-order chi connectivity index (χ1) is 14.1. The maximum absolute atomic E-state index is 13.1. The van der Waals surface area contributed by atoms with E-state index in [-0.39, 0.29) is 24.0 Å². The van der Waals surface area contributed by atoms with Gasteiger partial charge in [-0.1, -0.05) is 37.5 Å². The van der Waals surface area contributed by atoms with Gasteiger partial charge in [0, 0.05) is 0 Å². The van der Waals surface area contributed by atoms with E-state index >= 15 is 0 Å². The number of benzene rings is 1. The number of ether oxygens (including phenoxy) is 1. The minimum absolute atomic E-state index is 0.00942. The zero-order valence-electron chi connectivity index (χ0n) is 17.2. The Bertz CT molecular complexity index is 835. The quantitative estimate of drug-likeness (QED) is 0.212. The van der Waals surface area contributed by atoms with Crippen LogP contribution in [0.3, 0.4) is 0 Å². The average Bonchev–Trinajstić information content (AvgIpc) is 2.67. The summed E-state index contributed by atoms with van der Waals surface area (Å²) in [6, 6.07) is 4.62. The van der Waals surface area contributed by atoms with E-state index in [1.54, 1.807) is 12.1 Å². The molecule has 0 fully saturated rings. The topological polar surface area (TPSA) is 174 Å². The summed E-state index contributed by atoms with van der Waals surface area (Å²) >= 11 is 0. The van der Waals surface area contributed by atoms with Crippen LogP contribution in [-0.2, 0) is 19.4 Å². The predicted molar refractivity (Wildman–Crippen MR) is 113 cm³/mol. The predicted octanol–water partition coefficient (Wildman–Crippen LogP) is 1.17. The van der Waals surface area contributed by atoms with Crippen molar-refractivity contribution in [3.05, 3.63) is 29.8 Å². The van der Waals surface area contributed by atoms with E-state index in [1.807, 2.05) is 13.8 Å². The van der Waals surface area contributed by atoms with Crippen LogP contribution in [0.1, 0.15) is 38.2 Å². The monoisotopic (exact) mass is 442 g/mol. The lowest BCUT2D eigenvalue weighted by Gasteiger charge is -2.21. The lowest BCUT2D eigenvalue weighted by Crippen LogP contribution is -2.45. The first-order valence-corrected chi connectivity index (χ1v) is 11.1. The van der Waals surface area contributed by atoms with Crippen LogP contribution >= 0.6 is 0 Å². The van der Waals surface area contributed by atoms with Crippen LogP contribution in [0, 0.1) is 6.92 Å². The third kappa shape index (κ3) is 8.27. The Kier molecular flexibility index (Phi) is 10.1. The highest BCUT2D eigenvalue weighted by Crippen LogP contribution is 2.21. The van der Waals surface area contributed by atoms with Gasteiger partial charge >= 0.3 is 12.1 Å². The molecule has 1 aromatic rings. The highest BCUT2D eigenvalue weighted by Gasteiger charge is 2.33. The first kappa shape index (κ1) is 25.2. The van der Waals surface area contributed by atoms with Crippen molar-refractivity contribution in [3.63, 3.8) is 0 Å². The molecule has 0 aliphatic rings. The Balaban J connectivity index is 3.02. The maximum Gasteiger partial charge on any atom is 0.407 e. The lowest BCUT2D eigenvalue weighted by atomic mass is 10.1. The number of alkyl carbamates (subject to hydrolysis) is 1. The number of carboxylic acid groups (broad SMARTS) is 1. The minimum atomic E-state index is -3.98. The molecule has 0 aliphatic carbocycles. The third-order valence-corrected chi connectivity index (χ3v) is 6.48. The number of sulfone groups is 1. The SMILES string of the molecule is CCCCCOC(=O)N[C@@H](CC(CN=C(N)N)S(=O)(=O)c1ccc(C)cc1)C(=O)O. The van der Waals surface area contributed by atoms with Gasteiger partial charge in [0.05, 0.1) is 23.3 Å². The van der Waals surface area contributed by atoms with Gasteiger partial charge in [-0.3, -0.25) is 4.99 Å². The summed E-state index contributed by atoms with van der Waals surface area (Å²) in [6.07, 6.45) is 1.09. The van der Waals surface area contributed by atoms with E-state index in [9.17, 15) is 23.1 Å². The molecule has 10 nitrogen and oxygen atoms in total. The molecule has 0 spiro atoms. The molecule has 11 heteroatoms. The molecule has 0 bridgehead atoms. The lowest BCUT2D eigenvalue weighted by molar-refractivity contribution is -0.139. The molecule has 30 heavy (non-hydrogen) atoms. The number of nitrogens with two attached hydrogens (primary N) is 2. The molecule has 0 aromatic heterocycles. The second kappa shape index (κ2) is 12.0. The van der Waals surface area contributed by atoms with Crippen LogP contribution in [0.4, 0.5) is 4.79 Å². The number of amides is 1. The summed E-state index contributed by atoms with van der Waals surface area (Å²) in [7, 11) is -3.98. The van der Waals surface area contributed by atoms with Crippen LogP contribution in [0.25, 0.3) is 0 Å². The molecule has 1 aromatic carbocycles. The van der Waals surface area contributed by atoms with Crippen molar-refractivity contribution in [2.45, 2.75) is 55.7 Å². The Hall–Kier alpha value is -2.82. The number of aliphatic imine (C=N–C) groups is 1. The van der Waals surface area contributed by atoms with E-state index in [0.717, 1.165) is 18.4 Å². The van der Waals surface area contributed by atoms with Crippen molar-refractivity contribution in [2.75, 3.05) is 13.2 Å². The molecule has 0 radical (unpaired) electrons. The molecule has 168 valence electrons. The summed E-state index contributed by atoms with van der Waals surface area (Å²) in [4.78, 5) is 27.3. The Morgan fingerprint density at radius 2 is 1.83 bits per heavy atom. The van der Waals surface area contributed by atoms with Crippen LogP contribution in [0.2, 0.25) is 0 Å². The summed E-state index contributed by atoms with van der Waals surface area (Å²) in [5.74, 6) is -1.72. The number of carbonyl (C=O) groups excluding carboxylic acids is 1. The highest BCUT2D eigenvalue weighted by atomic mass is 32.2. The average molecular weight is 443 g/mol. The van der Waals surface area contributed by atoms with Gasteiger partial charge in [-0.2, -0.15) is 0 Å². The number of carbonyl (C=O) groups is 2. The van der Waals surface area contributed by atoms with E-state index in [1.165, 1.54) is 12.1 Å². The zero-order valence-corrected chi connectivity index (χ0v) is 18.0. The number of hydrogen-bond donors (Lipinski definition) is 4. The second-order valence-corrected chi connectivity index (χ2v) is 9.09. The van der Waals surface area contributed by atoms with Gasteiger partial charge in [-0.15, -0.1) is 0 Å². The molecule has 0 aliphatic heterocycles. The fourth-order valence-electron chi connectivity index (χ4n) is 2.61. The molecule has 0 heterocycles. The van der Waals surface area contributed by atoms with Crippen molar-refractivity contribution in [1.29, 1.82) is 0 Å². The molecule has 1 unspecified atom stereocenters. The molecule has 2 atom stereocenters.